The van der Waals surface area contributed by atoms with Crippen LogP contribution in [-0.2, 0) is 11.2 Å². The predicted molar refractivity (Wildman–Crippen MR) is 88.2 cm³/mol. The predicted octanol–water partition coefficient (Wildman–Crippen LogP) is 3.15. The zero-order valence-corrected chi connectivity index (χ0v) is 13.7. The van der Waals surface area contributed by atoms with Gasteiger partial charge in [-0.2, -0.15) is 10.2 Å². The smallest absolute Gasteiger partial charge is 0.240 e. The van der Waals surface area contributed by atoms with Crippen LogP contribution < -0.4 is 5.43 Å². The third-order valence-electron chi connectivity index (χ3n) is 3.49. The fourth-order valence-electron chi connectivity index (χ4n) is 2.14. The average Bonchev–Trinajstić information content (AvgIpc) is 2.82. The van der Waals surface area contributed by atoms with Gasteiger partial charge in [-0.1, -0.05) is 23.7 Å². The van der Waals surface area contributed by atoms with E-state index in [-0.39, 0.29) is 5.91 Å². The molecule has 1 aromatic carbocycles. The molecule has 0 saturated carbocycles. The quantitative estimate of drug-likeness (QED) is 0.656. The van der Waals surface area contributed by atoms with Crippen LogP contribution in [0.15, 0.2) is 29.4 Å². The minimum Gasteiger partial charge on any atom is -0.282 e. The second-order valence-electron chi connectivity index (χ2n) is 5.15. The highest BCUT2D eigenvalue weighted by Gasteiger charge is 2.09. The Hall–Kier alpha value is -2.14. The second kappa shape index (κ2) is 7.22. The van der Waals surface area contributed by atoms with Crippen molar-refractivity contribution in [1.82, 2.24) is 15.6 Å². The highest BCUT2D eigenvalue weighted by atomic mass is 35.5. The minimum absolute atomic E-state index is 0.117. The Balaban J connectivity index is 1.89. The highest BCUT2D eigenvalue weighted by Crippen LogP contribution is 2.12. The molecule has 0 saturated heterocycles. The molecule has 22 heavy (non-hydrogen) atoms. The van der Waals surface area contributed by atoms with Gasteiger partial charge in [0.25, 0.3) is 0 Å². The van der Waals surface area contributed by atoms with Gasteiger partial charge in [0.1, 0.15) is 0 Å². The molecule has 0 aliphatic rings. The van der Waals surface area contributed by atoms with Crippen LogP contribution in [0.3, 0.4) is 0 Å². The number of nitrogens with one attached hydrogen (secondary N) is 2. The summed E-state index contributed by atoms with van der Waals surface area (Å²) in [6, 6.07) is 7.32. The van der Waals surface area contributed by atoms with Gasteiger partial charge in [0, 0.05) is 17.1 Å². The van der Waals surface area contributed by atoms with E-state index in [9.17, 15) is 4.79 Å². The van der Waals surface area contributed by atoms with Crippen LogP contribution >= 0.6 is 11.6 Å². The Morgan fingerprint density at radius 3 is 2.59 bits per heavy atom. The van der Waals surface area contributed by atoms with Gasteiger partial charge in [0.05, 0.1) is 11.4 Å². The van der Waals surface area contributed by atoms with Crippen LogP contribution in [0.5, 0.6) is 0 Å². The van der Waals surface area contributed by atoms with E-state index >= 15 is 0 Å². The molecule has 0 radical (unpaired) electrons. The molecule has 6 heteroatoms. The average molecular weight is 319 g/mol. The van der Waals surface area contributed by atoms with Gasteiger partial charge in [-0.05, 0) is 50.5 Å². The second-order valence-corrected chi connectivity index (χ2v) is 5.59. The van der Waals surface area contributed by atoms with Crippen molar-refractivity contribution in [2.45, 2.75) is 33.6 Å². The maximum Gasteiger partial charge on any atom is 0.240 e. The van der Waals surface area contributed by atoms with Crippen molar-refractivity contribution in [3.63, 3.8) is 0 Å². The molecule has 1 aromatic heterocycles. The van der Waals surface area contributed by atoms with Gasteiger partial charge in [-0.25, -0.2) is 5.43 Å². The Morgan fingerprint density at radius 1 is 1.32 bits per heavy atom. The lowest BCUT2D eigenvalue weighted by Gasteiger charge is -2.04. The van der Waals surface area contributed by atoms with Crippen LogP contribution in [0.1, 0.15) is 35.9 Å². The van der Waals surface area contributed by atoms with Gasteiger partial charge in [-0.3, -0.25) is 9.89 Å². The summed E-state index contributed by atoms with van der Waals surface area (Å²) < 4.78 is 0. The molecule has 1 amide bonds. The van der Waals surface area contributed by atoms with Crippen molar-refractivity contribution in [3.05, 3.63) is 51.8 Å². The van der Waals surface area contributed by atoms with E-state index in [1.165, 1.54) is 0 Å². The third kappa shape index (κ3) is 4.18. The molecule has 0 bridgehead atoms. The molecule has 2 N–H and O–H groups in total. The number of amides is 1. The number of nitrogens with zero attached hydrogens (tertiary/aromatic N) is 2. The number of halogens is 1. The van der Waals surface area contributed by atoms with Gasteiger partial charge in [-0.15, -0.1) is 0 Å². The van der Waals surface area contributed by atoms with E-state index in [0.717, 1.165) is 28.2 Å². The van der Waals surface area contributed by atoms with Crippen LogP contribution in [0.25, 0.3) is 0 Å². The van der Waals surface area contributed by atoms with E-state index in [0.29, 0.717) is 17.9 Å². The fraction of sp³-hybridized carbons (Fsp3) is 0.312. The molecule has 0 fully saturated rings. The molecular weight excluding hydrogens is 300 g/mol. The highest BCUT2D eigenvalue weighted by molar-refractivity contribution is 6.30. The van der Waals surface area contributed by atoms with Crippen molar-refractivity contribution >= 4 is 23.2 Å². The fourth-order valence-corrected chi connectivity index (χ4v) is 2.26. The van der Waals surface area contributed by atoms with Gasteiger partial charge in [0.2, 0.25) is 5.91 Å². The number of aromatic nitrogens is 2. The number of aromatic amines is 1. The maximum absolute atomic E-state index is 11.9. The number of aryl methyl sites for hydroxylation is 2. The zero-order chi connectivity index (χ0) is 16.1. The summed E-state index contributed by atoms with van der Waals surface area (Å²) in [5, 5.41) is 11.8. The summed E-state index contributed by atoms with van der Waals surface area (Å²) in [5.74, 6) is -0.117. The molecule has 0 atom stereocenters. The van der Waals surface area contributed by atoms with Crippen molar-refractivity contribution in [2.24, 2.45) is 5.10 Å². The van der Waals surface area contributed by atoms with Gasteiger partial charge in [0.15, 0.2) is 0 Å². The molecule has 0 unspecified atom stereocenters. The number of hydrazone groups is 1. The summed E-state index contributed by atoms with van der Waals surface area (Å²) in [7, 11) is 0. The summed E-state index contributed by atoms with van der Waals surface area (Å²) in [6.07, 6.45) is 1.02. The normalized spacial score (nSPS) is 11.5. The minimum atomic E-state index is -0.117. The maximum atomic E-state index is 11.9. The lowest BCUT2D eigenvalue weighted by atomic mass is 10.1. The topological polar surface area (TPSA) is 70.1 Å². The molecule has 0 aliphatic carbocycles. The Morgan fingerprint density at radius 2 is 2.00 bits per heavy atom. The molecule has 2 aromatic rings. The molecule has 0 aliphatic heterocycles. The summed E-state index contributed by atoms with van der Waals surface area (Å²) in [5.41, 5.74) is 7.27. The SMILES string of the molecule is C/C(=N/NC(=O)CCc1c(C)n[nH]c1C)c1ccc(Cl)cc1. The number of hydrogen-bond acceptors (Lipinski definition) is 3. The van der Waals surface area contributed by atoms with Gasteiger partial charge < -0.3 is 0 Å². The van der Waals surface area contributed by atoms with E-state index in [1.54, 1.807) is 12.1 Å². The number of hydrogen-bond donors (Lipinski definition) is 2. The van der Waals surface area contributed by atoms with Crippen LogP contribution in [-0.4, -0.2) is 21.8 Å². The largest absolute Gasteiger partial charge is 0.282 e. The first-order chi connectivity index (χ1) is 10.5. The van der Waals surface area contributed by atoms with E-state index < -0.39 is 0 Å². The van der Waals surface area contributed by atoms with Crippen LogP contribution in [0.2, 0.25) is 5.02 Å². The van der Waals surface area contributed by atoms with Crippen molar-refractivity contribution < 1.29 is 4.79 Å². The molecule has 5 nitrogen and oxygen atoms in total. The zero-order valence-electron chi connectivity index (χ0n) is 12.9. The number of H-pyrrole nitrogens is 1. The molecular formula is C16H19ClN4O. The molecule has 2 rings (SSSR count). The molecule has 0 spiro atoms. The van der Waals surface area contributed by atoms with Crippen molar-refractivity contribution in [1.29, 1.82) is 0 Å². The standard InChI is InChI=1S/C16H19ClN4O/c1-10(13-4-6-14(17)7-5-13)18-21-16(22)9-8-15-11(2)19-20-12(15)3/h4-7H,8-9H2,1-3H3,(H,19,20)(H,21,22)/b18-10-. The lowest BCUT2D eigenvalue weighted by molar-refractivity contribution is -0.121. The number of carbonyl (C=O) groups excluding carboxylic acids is 1. The molecule has 116 valence electrons. The van der Waals surface area contributed by atoms with E-state index in [1.807, 2.05) is 32.9 Å². The monoisotopic (exact) mass is 318 g/mol. The number of benzene rings is 1. The third-order valence-corrected chi connectivity index (χ3v) is 3.75. The first-order valence-electron chi connectivity index (χ1n) is 7.07. The van der Waals surface area contributed by atoms with E-state index in [2.05, 4.69) is 20.7 Å². The first kappa shape index (κ1) is 16.2. The van der Waals surface area contributed by atoms with Crippen LogP contribution in [0, 0.1) is 13.8 Å². The lowest BCUT2D eigenvalue weighted by Crippen LogP contribution is -2.19. The summed E-state index contributed by atoms with van der Waals surface area (Å²) in [6.45, 7) is 5.73. The number of rotatable bonds is 5. The Bertz CT molecular complexity index is 669. The first-order valence-corrected chi connectivity index (χ1v) is 7.44. The molecule has 1 heterocycles. The Labute approximate surface area is 134 Å². The van der Waals surface area contributed by atoms with Gasteiger partial charge >= 0.3 is 0 Å². The van der Waals surface area contributed by atoms with Crippen molar-refractivity contribution in [2.75, 3.05) is 0 Å². The summed E-state index contributed by atoms with van der Waals surface area (Å²) >= 11 is 5.84. The number of carbonyl (C=O) groups is 1. The van der Waals surface area contributed by atoms with E-state index in [4.69, 9.17) is 11.6 Å². The summed E-state index contributed by atoms with van der Waals surface area (Å²) in [4.78, 5) is 11.9. The van der Waals surface area contributed by atoms with Crippen molar-refractivity contribution in [3.8, 4) is 0 Å². The Kier molecular flexibility index (Phi) is 5.33. The van der Waals surface area contributed by atoms with Crippen LogP contribution in [0.4, 0.5) is 0 Å².